The van der Waals surface area contributed by atoms with Gasteiger partial charge in [-0.15, -0.1) is 0 Å². The first-order valence-electron chi connectivity index (χ1n) is 18.3. The molecule has 3 heterocycles. The Morgan fingerprint density at radius 1 is 0.585 bits per heavy atom. The van der Waals surface area contributed by atoms with Gasteiger partial charge in [-0.1, -0.05) is 118 Å². The fourth-order valence-corrected chi connectivity index (χ4v) is 7.70. The van der Waals surface area contributed by atoms with Crippen molar-refractivity contribution >= 4 is 23.9 Å². The van der Waals surface area contributed by atoms with Crippen LogP contribution in [0.2, 0.25) is 0 Å². The van der Waals surface area contributed by atoms with Crippen molar-refractivity contribution in [3.05, 3.63) is 187 Å². The van der Waals surface area contributed by atoms with Crippen molar-refractivity contribution in [1.29, 1.82) is 0 Å². The Hall–Kier alpha value is -6.20. The van der Waals surface area contributed by atoms with E-state index in [1.807, 2.05) is 78.9 Å². The summed E-state index contributed by atoms with van der Waals surface area (Å²) in [5, 5.41) is 1.89. The van der Waals surface area contributed by atoms with Crippen LogP contribution in [0.15, 0.2) is 121 Å². The zero-order chi connectivity index (χ0) is 36.9. The number of Topliss-reactive ketones (excluding diaryl/α,β-unsaturated/α-hetero) is 1. The molecule has 3 aliphatic heterocycles. The molecule has 6 aromatic carbocycles. The van der Waals surface area contributed by atoms with E-state index in [0.717, 1.165) is 91.7 Å². The van der Waals surface area contributed by atoms with Gasteiger partial charge in [0.15, 0.2) is 11.4 Å². The number of hydrogen-bond acceptors (Lipinski definition) is 5. The molecule has 262 valence electrons. The second-order valence-corrected chi connectivity index (χ2v) is 13.7. The van der Waals surface area contributed by atoms with Gasteiger partial charge < -0.3 is 14.2 Å². The summed E-state index contributed by atoms with van der Waals surface area (Å²) < 4.78 is 18.7. The Labute approximate surface area is 309 Å². The highest BCUT2D eigenvalue weighted by Crippen LogP contribution is 2.56. The summed E-state index contributed by atoms with van der Waals surface area (Å²) in [7, 11) is 0. The maximum absolute atomic E-state index is 12.7. The van der Waals surface area contributed by atoms with Gasteiger partial charge in [0.2, 0.25) is 0 Å². The van der Waals surface area contributed by atoms with Crippen molar-refractivity contribution in [3.8, 4) is 23.0 Å². The summed E-state index contributed by atoms with van der Waals surface area (Å²) in [5.74, 6) is 2.91. The molecule has 53 heavy (non-hydrogen) atoms. The lowest BCUT2D eigenvalue weighted by Gasteiger charge is -2.37. The molecule has 0 atom stereocenters. The van der Waals surface area contributed by atoms with E-state index in [-0.39, 0.29) is 11.8 Å². The van der Waals surface area contributed by atoms with Crippen molar-refractivity contribution in [1.82, 2.24) is 0 Å². The summed E-state index contributed by atoms with van der Waals surface area (Å²) >= 11 is 0. The largest absolute Gasteiger partial charge is 0.456 e. The monoisotopic (exact) mass is 696 g/mol. The highest BCUT2D eigenvalue weighted by atomic mass is 16.6. The van der Waals surface area contributed by atoms with Crippen molar-refractivity contribution in [3.63, 3.8) is 0 Å². The number of rotatable bonds is 5. The molecule has 5 nitrogen and oxygen atoms in total. The van der Waals surface area contributed by atoms with E-state index in [0.29, 0.717) is 5.56 Å². The number of benzene rings is 6. The number of aryl methyl sites for hydroxylation is 3. The molecule has 0 aromatic heterocycles. The van der Waals surface area contributed by atoms with E-state index in [9.17, 15) is 9.59 Å². The molecule has 0 unspecified atom stereocenters. The van der Waals surface area contributed by atoms with Gasteiger partial charge >= 0.3 is 5.97 Å². The van der Waals surface area contributed by atoms with E-state index >= 15 is 0 Å². The Balaban J connectivity index is 0.000000151. The first-order chi connectivity index (χ1) is 25.7. The number of hydrogen-bond donors (Lipinski definition) is 0. The molecule has 3 aliphatic rings. The lowest BCUT2D eigenvalue weighted by atomic mass is 9.77. The molecule has 0 amide bonds. The Morgan fingerprint density at radius 2 is 1.15 bits per heavy atom. The second-order valence-electron chi connectivity index (χ2n) is 13.7. The van der Waals surface area contributed by atoms with Crippen LogP contribution in [0, 0.1) is 0 Å². The van der Waals surface area contributed by atoms with E-state index < -0.39 is 5.60 Å². The van der Waals surface area contributed by atoms with E-state index in [4.69, 9.17) is 14.2 Å². The van der Waals surface area contributed by atoms with Crippen molar-refractivity contribution in [2.45, 2.75) is 52.6 Å². The minimum absolute atomic E-state index is 0.0571. The lowest BCUT2D eigenvalue weighted by molar-refractivity contribution is 0.0224. The molecule has 0 fully saturated rings. The molecule has 0 N–H and O–H groups in total. The second kappa shape index (κ2) is 13.4. The lowest BCUT2D eigenvalue weighted by Crippen LogP contribution is -2.33. The Kier molecular flexibility index (Phi) is 8.58. The van der Waals surface area contributed by atoms with Gasteiger partial charge in [-0.2, -0.15) is 0 Å². The first-order valence-corrected chi connectivity index (χ1v) is 18.3. The van der Waals surface area contributed by atoms with Crippen LogP contribution in [0.1, 0.15) is 92.9 Å². The average Bonchev–Trinajstić information content (AvgIpc) is 3.48. The summed E-state index contributed by atoms with van der Waals surface area (Å²) in [4.78, 5) is 25.0. The number of ether oxygens (including phenoxy) is 3. The SMILES string of the molecule is C=c1ccc2c(c1)Oc1cc(CC)ccc1C=2c1ccccc1C(C)=O.CCc1ccc2c(c1)Oc1cc(CC)ccc1C21OC(=O)c2ccccc21. The van der Waals surface area contributed by atoms with Crippen LogP contribution >= 0.6 is 0 Å². The third kappa shape index (κ3) is 5.64. The van der Waals surface area contributed by atoms with Crippen LogP contribution in [0.25, 0.3) is 12.2 Å². The number of carbonyl (C=O) groups excluding carboxylic acids is 2. The zero-order valence-corrected chi connectivity index (χ0v) is 30.4. The minimum Gasteiger partial charge on any atom is -0.456 e. The minimum atomic E-state index is -0.949. The number of carbonyl (C=O) groups is 2. The standard InChI is InChI=1S/C24H20O3.C24H20O2/c1-3-15-9-11-19-21(13-15)26-22-14-16(4-2)10-12-20(22)24(19)18-8-6-5-7-17(18)23(25)27-24;1-4-17-10-12-21-23(14-17)26-22-13-15(2)9-11-20(22)24(21)19-8-6-5-7-18(19)16(3)25/h5-14H,3-4H2,1-2H3;5-14H,2,4H2,1,3H3. The van der Waals surface area contributed by atoms with Crippen molar-refractivity contribution in [2.24, 2.45) is 0 Å². The number of ketones is 1. The fourth-order valence-electron chi connectivity index (χ4n) is 7.70. The molecule has 0 bridgehead atoms. The first kappa shape index (κ1) is 33.9. The van der Waals surface area contributed by atoms with Crippen LogP contribution in [0.3, 0.4) is 0 Å². The van der Waals surface area contributed by atoms with E-state index in [1.54, 1.807) is 6.92 Å². The van der Waals surface area contributed by atoms with Crippen LogP contribution in [0.4, 0.5) is 0 Å². The van der Waals surface area contributed by atoms with Crippen LogP contribution < -0.4 is 19.9 Å². The third-order valence-electron chi connectivity index (χ3n) is 10.5. The maximum atomic E-state index is 12.7. The molecule has 0 radical (unpaired) electrons. The molecule has 0 saturated heterocycles. The maximum Gasteiger partial charge on any atom is 0.340 e. The summed E-state index contributed by atoms with van der Waals surface area (Å²) in [6.07, 6.45) is 2.78. The predicted octanol–water partition coefficient (Wildman–Crippen LogP) is 9.59. The zero-order valence-electron chi connectivity index (χ0n) is 30.4. The van der Waals surface area contributed by atoms with E-state index in [2.05, 4.69) is 69.8 Å². The highest BCUT2D eigenvalue weighted by molar-refractivity contribution is 6.02. The third-order valence-corrected chi connectivity index (χ3v) is 10.5. The van der Waals surface area contributed by atoms with Gasteiger partial charge in [-0.3, -0.25) is 4.79 Å². The summed E-state index contributed by atoms with van der Waals surface area (Å²) in [6.45, 7) is 12.0. The van der Waals surface area contributed by atoms with Gasteiger partial charge in [0.25, 0.3) is 0 Å². The molecule has 1 spiro atoms. The molecule has 5 heteroatoms. The van der Waals surface area contributed by atoms with Crippen molar-refractivity contribution in [2.75, 3.05) is 0 Å². The van der Waals surface area contributed by atoms with Crippen LogP contribution in [0.5, 0.6) is 23.0 Å². The van der Waals surface area contributed by atoms with Crippen molar-refractivity contribution < 1.29 is 23.8 Å². The molecule has 6 aromatic rings. The fraction of sp³-hybridized carbons (Fsp3) is 0.167. The topological polar surface area (TPSA) is 61.8 Å². The number of esters is 1. The van der Waals surface area contributed by atoms with Crippen LogP contribution in [-0.4, -0.2) is 11.8 Å². The highest BCUT2D eigenvalue weighted by Gasteiger charge is 2.53. The quantitative estimate of drug-likeness (QED) is 0.133. The van der Waals surface area contributed by atoms with Gasteiger partial charge in [-0.25, -0.2) is 4.79 Å². The van der Waals surface area contributed by atoms with E-state index in [1.165, 1.54) is 16.7 Å². The Morgan fingerprint density at radius 3 is 1.79 bits per heavy atom. The molecular formula is C48H40O5. The smallest absolute Gasteiger partial charge is 0.340 e. The average molecular weight is 697 g/mol. The molecule has 0 saturated carbocycles. The normalized spacial score (nSPS) is 13.9. The molecular weight excluding hydrogens is 657 g/mol. The molecule has 0 aliphatic carbocycles. The summed E-state index contributed by atoms with van der Waals surface area (Å²) in [5.41, 5.74) is 9.63. The Bertz CT molecular complexity index is 2530. The van der Waals surface area contributed by atoms with Gasteiger partial charge in [0.1, 0.15) is 23.0 Å². The predicted molar refractivity (Wildman–Crippen MR) is 209 cm³/mol. The molecule has 9 rings (SSSR count). The van der Waals surface area contributed by atoms with Gasteiger partial charge in [0, 0.05) is 38.6 Å². The van der Waals surface area contributed by atoms with Gasteiger partial charge in [0.05, 0.1) is 5.56 Å². The summed E-state index contributed by atoms with van der Waals surface area (Å²) in [6, 6.07) is 40.1. The number of fused-ring (bicyclic) bond motifs is 8. The van der Waals surface area contributed by atoms with Gasteiger partial charge in [-0.05, 0) is 84.0 Å². The van der Waals surface area contributed by atoms with Crippen LogP contribution in [-0.2, 0) is 29.6 Å².